The number of carboxylic acids is 2. The number of aliphatic carboxylic acids is 2. The topological polar surface area (TPSA) is 86.6 Å². The fourth-order valence-corrected chi connectivity index (χ4v) is 3.14. The minimum absolute atomic E-state index is 0.201. The molecule has 2 rings (SSSR count). The molecule has 5 heteroatoms. The van der Waals surface area contributed by atoms with Gasteiger partial charge in [-0.3, -0.25) is 9.59 Å². The van der Waals surface area contributed by atoms with Crippen LogP contribution in [0.15, 0.2) is 0 Å². The summed E-state index contributed by atoms with van der Waals surface area (Å²) >= 11 is 0. The highest BCUT2D eigenvalue weighted by Gasteiger charge is 2.53. The van der Waals surface area contributed by atoms with Crippen molar-refractivity contribution in [3.05, 3.63) is 0 Å². The van der Waals surface area contributed by atoms with Gasteiger partial charge in [0.1, 0.15) is 6.04 Å². The van der Waals surface area contributed by atoms with E-state index in [4.69, 9.17) is 10.2 Å². The van der Waals surface area contributed by atoms with E-state index in [2.05, 4.69) is 5.32 Å². The molecule has 5 nitrogen and oxygen atoms in total. The molecule has 1 aliphatic heterocycles. The molecule has 5 atom stereocenters. The molecule has 1 aliphatic carbocycles. The SMILES string of the molecule is CC1CC(C(=O)O)C2C1CN[C@@H]2C(=O)O. The van der Waals surface area contributed by atoms with Gasteiger partial charge in [-0.05, 0) is 24.8 Å². The van der Waals surface area contributed by atoms with Crippen LogP contribution in [0.2, 0.25) is 0 Å². The lowest BCUT2D eigenvalue weighted by Gasteiger charge is -2.18. The van der Waals surface area contributed by atoms with Crippen molar-refractivity contribution in [3.8, 4) is 0 Å². The molecule has 0 radical (unpaired) electrons. The molecule has 0 amide bonds. The highest BCUT2D eigenvalue weighted by molar-refractivity contribution is 5.78. The molecular weight excluding hydrogens is 198 g/mol. The predicted molar refractivity (Wildman–Crippen MR) is 51.3 cm³/mol. The number of carboxylic acid groups (broad SMARTS) is 2. The van der Waals surface area contributed by atoms with Crippen LogP contribution < -0.4 is 5.32 Å². The first kappa shape index (κ1) is 10.4. The third kappa shape index (κ3) is 1.51. The molecule has 0 aromatic rings. The van der Waals surface area contributed by atoms with E-state index in [-0.39, 0.29) is 11.8 Å². The van der Waals surface area contributed by atoms with Gasteiger partial charge < -0.3 is 15.5 Å². The van der Waals surface area contributed by atoms with Gasteiger partial charge in [0.2, 0.25) is 0 Å². The number of rotatable bonds is 2. The summed E-state index contributed by atoms with van der Waals surface area (Å²) in [5.41, 5.74) is 0. The maximum Gasteiger partial charge on any atom is 0.321 e. The van der Waals surface area contributed by atoms with Gasteiger partial charge in [0.15, 0.2) is 0 Å². The van der Waals surface area contributed by atoms with Crippen LogP contribution in [0.3, 0.4) is 0 Å². The molecule has 0 spiro atoms. The summed E-state index contributed by atoms with van der Waals surface area (Å²) in [4.78, 5) is 22.0. The average Bonchev–Trinajstić information content (AvgIpc) is 2.66. The largest absolute Gasteiger partial charge is 0.481 e. The highest BCUT2D eigenvalue weighted by atomic mass is 16.4. The van der Waals surface area contributed by atoms with Gasteiger partial charge in [-0.15, -0.1) is 0 Å². The zero-order valence-corrected chi connectivity index (χ0v) is 8.51. The van der Waals surface area contributed by atoms with Gasteiger partial charge in [0.25, 0.3) is 0 Å². The van der Waals surface area contributed by atoms with Gasteiger partial charge in [-0.25, -0.2) is 0 Å². The van der Waals surface area contributed by atoms with Gasteiger partial charge in [0.05, 0.1) is 5.92 Å². The van der Waals surface area contributed by atoms with Crippen LogP contribution in [0.25, 0.3) is 0 Å². The fraction of sp³-hybridized carbons (Fsp3) is 0.800. The number of nitrogens with one attached hydrogen (secondary N) is 1. The molecule has 0 aromatic carbocycles. The van der Waals surface area contributed by atoms with Crippen LogP contribution in [-0.4, -0.2) is 34.7 Å². The molecule has 4 unspecified atom stereocenters. The van der Waals surface area contributed by atoms with Crippen LogP contribution in [0.4, 0.5) is 0 Å². The Bertz CT molecular complexity index is 304. The lowest BCUT2D eigenvalue weighted by atomic mass is 9.86. The maximum absolute atomic E-state index is 11.0. The third-order valence-corrected chi connectivity index (χ3v) is 3.86. The second kappa shape index (κ2) is 3.48. The minimum Gasteiger partial charge on any atom is -0.481 e. The normalized spacial score (nSPS) is 43.9. The van der Waals surface area contributed by atoms with Crippen LogP contribution in [-0.2, 0) is 9.59 Å². The monoisotopic (exact) mass is 213 g/mol. The van der Waals surface area contributed by atoms with E-state index >= 15 is 0 Å². The number of fused-ring (bicyclic) bond motifs is 1. The van der Waals surface area contributed by atoms with Crippen LogP contribution >= 0.6 is 0 Å². The quantitative estimate of drug-likeness (QED) is 0.601. The van der Waals surface area contributed by atoms with Crippen molar-refractivity contribution >= 4 is 11.9 Å². The van der Waals surface area contributed by atoms with Crippen molar-refractivity contribution in [1.29, 1.82) is 0 Å². The lowest BCUT2D eigenvalue weighted by molar-refractivity contribution is -0.145. The maximum atomic E-state index is 11.0. The van der Waals surface area contributed by atoms with E-state index in [1.165, 1.54) is 0 Å². The highest BCUT2D eigenvalue weighted by Crippen LogP contribution is 2.46. The second-order valence-electron chi connectivity index (χ2n) is 4.62. The van der Waals surface area contributed by atoms with Crippen molar-refractivity contribution in [3.63, 3.8) is 0 Å². The molecular formula is C10H15NO4. The van der Waals surface area contributed by atoms with Gasteiger partial charge in [0, 0.05) is 5.92 Å². The Morgan fingerprint density at radius 2 is 1.93 bits per heavy atom. The summed E-state index contributed by atoms with van der Waals surface area (Å²) in [6, 6.07) is -0.680. The Hall–Kier alpha value is -1.10. The molecule has 1 heterocycles. The Labute approximate surface area is 87.5 Å². The van der Waals surface area contributed by atoms with Crippen molar-refractivity contribution in [2.75, 3.05) is 6.54 Å². The Kier molecular flexibility index (Phi) is 2.42. The zero-order valence-electron chi connectivity index (χ0n) is 8.51. The van der Waals surface area contributed by atoms with E-state index in [0.717, 1.165) is 0 Å². The first-order valence-corrected chi connectivity index (χ1v) is 5.21. The Morgan fingerprint density at radius 1 is 1.27 bits per heavy atom. The molecule has 0 bridgehead atoms. The van der Waals surface area contributed by atoms with E-state index in [1.54, 1.807) is 0 Å². The van der Waals surface area contributed by atoms with Gasteiger partial charge in [-0.2, -0.15) is 0 Å². The van der Waals surface area contributed by atoms with Crippen LogP contribution in [0, 0.1) is 23.7 Å². The molecule has 15 heavy (non-hydrogen) atoms. The molecule has 0 aromatic heterocycles. The molecule has 3 N–H and O–H groups in total. The first-order chi connectivity index (χ1) is 7.02. The fourth-order valence-electron chi connectivity index (χ4n) is 3.14. The standard InChI is InChI=1S/C10H15NO4/c1-4-2-5(9(12)13)7-6(4)3-11-8(7)10(14)15/h4-8,11H,2-3H2,1H3,(H,12,13)(H,14,15)/t4?,5?,6?,7?,8-/m0/s1. The smallest absolute Gasteiger partial charge is 0.321 e. The summed E-state index contributed by atoms with van der Waals surface area (Å²) < 4.78 is 0. The first-order valence-electron chi connectivity index (χ1n) is 5.21. The van der Waals surface area contributed by atoms with Crippen molar-refractivity contribution in [1.82, 2.24) is 5.32 Å². The number of hydrogen-bond acceptors (Lipinski definition) is 3. The number of carbonyl (C=O) groups is 2. The second-order valence-corrected chi connectivity index (χ2v) is 4.62. The van der Waals surface area contributed by atoms with Crippen LogP contribution in [0.1, 0.15) is 13.3 Å². The van der Waals surface area contributed by atoms with Gasteiger partial charge in [-0.1, -0.05) is 6.92 Å². The zero-order chi connectivity index (χ0) is 11.2. The molecule has 2 aliphatic rings. The summed E-state index contributed by atoms with van der Waals surface area (Å²) in [6.07, 6.45) is 0.607. The molecule has 2 fully saturated rings. The lowest BCUT2D eigenvalue weighted by Crippen LogP contribution is -2.39. The summed E-state index contributed by atoms with van der Waals surface area (Å²) in [5, 5.41) is 21.0. The molecule has 1 saturated carbocycles. The summed E-state index contributed by atoms with van der Waals surface area (Å²) in [5.74, 6) is -2.02. The van der Waals surface area contributed by atoms with E-state index in [1.807, 2.05) is 6.92 Å². The average molecular weight is 213 g/mol. The minimum atomic E-state index is -0.928. The predicted octanol–water partition coefficient (Wildman–Crippen LogP) is 0.0158. The Morgan fingerprint density at radius 3 is 2.47 bits per heavy atom. The van der Waals surface area contributed by atoms with E-state index in [0.29, 0.717) is 18.9 Å². The number of hydrogen-bond donors (Lipinski definition) is 3. The Balaban J connectivity index is 2.24. The summed E-state index contributed by atoms with van der Waals surface area (Å²) in [7, 11) is 0. The van der Waals surface area contributed by atoms with Gasteiger partial charge >= 0.3 is 11.9 Å². The van der Waals surface area contributed by atoms with Crippen molar-refractivity contribution in [2.24, 2.45) is 23.7 Å². The summed E-state index contributed by atoms with van der Waals surface area (Å²) in [6.45, 7) is 2.64. The molecule has 84 valence electrons. The van der Waals surface area contributed by atoms with E-state index in [9.17, 15) is 9.59 Å². The van der Waals surface area contributed by atoms with Crippen molar-refractivity contribution in [2.45, 2.75) is 19.4 Å². The third-order valence-electron chi connectivity index (χ3n) is 3.86. The van der Waals surface area contributed by atoms with Crippen LogP contribution in [0.5, 0.6) is 0 Å². The molecule has 1 saturated heterocycles. The van der Waals surface area contributed by atoms with Crippen molar-refractivity contribution < 1.29 is 19.8 Å². The van der Waals surface area contributed by atoms with E-state index < -0.39 is 23.9 Å².